The number of alkyl halides is 3. The van der Waals surface area contributed by atoms with Gasteiger partial charge in [0.15, 0.2) is 0 Å². The van der Waals surface area contributed by atoms with Crippen molar-refractivity contribution in [3.63, 3.8) is 0 Å². The molecule has 6 heteroatoms. The van der Waals surface area contributed by atoms with Crippen molar-refractivity contribution >= 4 is 11.6 Å². The zero-order valence-electron chi connectivity index (χ0n) is 13.6. The molecular weight excluding hydrogens is 325 g/mol. The number of piperazine rings is 1. The smallest absolute Gasteiger partial charge is 0.314 e. The monoisotopic (exact) mass is 348 g/mol. The molecule has 1 N–H and O–H groups in total. The van der Waals surface area contributed by atoms with Crippen molar-refractivity contribution < 1.29 is 13.2 Å². The lowest BCUT2D eigenvalue weighted by Crippen LogP contribution is -2.46. The van der Waals surface area contributed by atoms with Gasteiger partial charge in [-0.25, -0.2) is 0 Å². The summed E-state index contributed by atoms with van der Waals surface area (Å²) in [7, 11) is 0. The molecule has 1 aliphatic rings. The number of hydrogen-bond donors (Lipinski definition) is 1. The van der Waals surface area contributed by atoms with Gasteiger partial charge in [-0.05, 0) is 24.0 Å². The van der Waals surface area contributed by atoms with Gasteiger partial charge in [-0.2, -0.15) is 13.2 Å². The summed E-state index contributed by atoms with van der Waals surface area (Å²) in [5.41, 5.74) is -0.134. The van der Waals surface area contributed by atoms with Crippen molar-refractivity contribution in [3.8, 4) is 0 Å². The van der Waals surface area contributed by atoms with E-state index in [0.717, 1.165) is 45.1 Å². The zero-order valence-corrected chi connectivity index (χ0v) is 14.3. The first kappa shape index (κ1) is 18.6. The van der Waals surface area contributed by atoms with Gasteiger partial charge in [-0.3, -0.25) is 4.90 Å². The first-order valence-electron chi connectivity index (χ1n) is 8.16. The number of halogens is 4. The summed E-state index contributed by atoms with van der Waals surface area (Å²) in [4.78, 5) is 2.26. The van der Waals surface area contributed by atoms with E-state index in [-0.39, 0.29) is 17.0 Å². The molecule has 1 heterocycles. The van der Waals surface area contributed by atoms with Gasteiger partial charge in [0, 0.05) is 32.2 Å². The van der Waals surface area contributed by atoms with Gasteiger partial charge in [-0.1, -0.05) is 44.0 Å². The van der Waals surface area contributed by atoms with Crippen LogP contribution in [0.25, 0.3) is 0 Å². The lowest BCUT2D eigenvalue weighted by Gasteiger charge is -2.39. The van der Waals surface area contributed by atoms with Crippen molar-refractivity contribution in [2.45, 2.75) is 38.9 Å². The van der Waals surface area contributed by atoms with Crippen molar-refractivity contribution in [2.24, 2.45) is 5.92 Å². The summed E-state index contributed by atoms with van der Waals surface area (Å²) in [6, 6.07) is 4.20. The van der Waals surface area contributed by atoms with E-state index in [9.17, 15) is 13.2 Å². The van der Waals surface area contributed by atoms with E-state index < -0.39 is 11.7 Å². The van der Waals surface area contributed by atoms with E-state index in [2.05, 4.69) is 24.1 Å². The van der Waals surface area contributed by atoms with Gasteiger partial charge < -0.3 is 5.32 Å². The van der Waals surface area contributed by atoms with E-state index in [4.69, 9.17) is 11.6 Å². The third kappa shape index (κ3) is 4.40. The summed E-state index contributed by atoms with van der Waals surface area (Å²) in [5.74, 6) is 0.249. The molecule has 2 nitrogen and oxygen atoms in total. The summed E-state index contributed by atoms with van der Waals surface area (Å²) in [6.07, 6.45) is -2.46. The van der Waals surface area contributed by atoms with Crippen LogP contribution in [0.5, 0.6) is 0 Å². The third-order valence-electron chi connectivity index (χ3n) is 4.48. The molecule has 0 amide bonds. The van der Waals surface area contributed by atoms with Crippen LogP contribution >= 0.6 is 11.6 Å². The molecule has 2 atom stereocenters. The number of nitrogens with one attached hydrogen (secondary N) is 1. The quantitative estimate of drug-likeness (QED) is 0.826. The first-order valence-corrected chi connectivity index (χ1v) is 8.54. The van der Waals surface area contributed by atoms with Crippen LogP contribution < -0.4 is 5.32 Å². The molecule has 1 aromatic rings. The van der Waals surface area contributed by atoms with Crippen LogP contribution in [0.4, 0.5) is 13.2 Å². The molecule has 1 unspecified atom stereocenters. The normalized spacial score (nSPS) is 19.6. The number of benzene rings is 1. The Hall–Kier alpha value is -0.780. The number of nitrogens with zero attached hydrogens (tertiary/aromatic N) is 1. The molecule has 1 aromatic carbocycles. The first-order chi connectivity index (χ1) is 10.9. The molecule has 1 saturated heterocycles. The van der Waals surface area contributed by atoms with Crippen LogP contribution in [0.1, 0.15) is 43.9 Å². The van der Waals surface area contributed by atoms with E-state index >= 15 is 0 Å². The van der Waals surface area contributed by atoms with Crippen molar-refractivity contribution in [3.05, 3.63) is 34.3 Å². The number of rotatable bonds is 5. The summed E-state index contributed by atoms with van der Waals surface area (Å²) >= 11 is 6.19. The van der Waals surface area contributed by atoms with Gasteiger partial charge in [-0.15, -0.1) is 0 Å². The van der Waals surface area contributed by atoms with Crippen LogP contribution in [-0.4, -0.2) is 31.1 Å². The molecule has 0 aliphatic carbocycles. The molecule has 1 fully saturated rings. The summed E-state index contributed by atoms with van der Waals surface area (Å²) in [6.45, 7) is 7.56. The summed E-state index contributed by atoms with van der Waals surface area (Å²) < 4.78 is 39.5. The minimum Gasteiger partial charge on any atom is -0.314 e. The van der Waals surface area contributed by atoms with Crippen LogP contribution in [0, 0.1) is 5.92 Å². The highest BCUT2D eigenvalue weighted by Gasteiger charge is 2.36. The second-order valence-corrected chi connectivity index (χ2v) is 6.58. The Morgan fingerprint density at radius 1 is 1.26 bits per heavy atom. The van der Waals surface area contributed by atoms with Gasteiger partial charge in [0.1, 0.15) is 0 Å². The fourth-order valence-electron chi connectivity index (χ4n) is 3.43. The summed E-state index contributed by atoms with van der Waals surface area (Å²) in [5, 5.41) is 3.14. The van der Waals surface area contributed by atoms with Crippen LogP contribution in [0.3, 0.4) is 0 Å². The van der Waals surface area contributed by atoms with Gasteiger partial charge in [0.25, 0.3) is 0 Å². The maximum Gasteiger partial charge on any atom is 0.417 e. The Bertz CT molecular complexity index is 513. The van der Waals surface area contributed by atoms with Gasteiger partial charge in [0.2, 0.25) is 0 Å². The highest BCUT2D eigenvalue weighted by molar-refractivity contribution is 6.32. The van der Waals surface area contributed by atoms with E-state index in [0.29, 0.717) is 5.56 Å². The number of hydrogen-bond acceptors (Lipinski definition) is 2. The standard InChI is InChI=1S/C17H24ClF3N2/c1-3-5-12(2)16(23-10-8-22-9-11-23)13-6-4-7-14(15(13)18)17(19,20)21/h4,6-7,12,16,22H,3,5,8-11H2,1-2H3/t12?,16-/m1/s1. The average molecular weight is 349 g/mol. The van der Waals surface area contributed by atoms with Crippen LogP contribution in [0.2, 0.25) is 5.02 Å². The highest BCUT2D eigenvalue weighted by Crippen LogP contribution is 2.42. The maximum absolute atomic E-state index is 13.2. The molecule has 0 saturated carbocycles. The highest BCUT2D eigenvalue weighted by atomic mass is 35.5. The molecule has 0 bridgehead atoms. The van der Waals surface area contributed by atoms with Crippen LogP contribution in [0.15, 0.2) is 18.2 Å². The molecular formula is C17H24ClF3N2. The maximum atomic E-state index is 13.2. The largest absolute Gasteiger partial charge is 0.417 e. The average Bonchev–Trinajstić information content (AvgIpc) is 2.49. The lowest BCUT2D eigenvalue weighted by atomic mass is 9.88. The Morgan fingerprint density at radius 3 is 2.48 bits per heavy atom. The van der Waals surface area contributed by atoms with Crippen LogP contribution in [-0.2, 0) is 6.18 Å². The SMILES string of the molecule is CCCC(C)[C@H](c1cccc(C(F)(F)F)c1Cl)N1CCNCC1. The molecule has 2 rings (SSSR count). The van der Waals surface area contributed by atoms with Gasteiger partial charge in [0.05, 0.1) is 10.6 Å². The zero-order chi connectivity index (χ0) is 17.0. The van der Waals surface area contributed by atoms with E-state index in [1.54, 1.807) is 6.07 Å². The Morgan fingerprint density at radius 2 is 1.91 bits per heavy atom. The molecule has 0 aromatic heterocycles. The van der Waals surface area contributed by atoms with Gasteiger partial charge >= 0.3 is 6.18 Å². The molecule has 0 spiro atoms. The minimum absolute atomic E-state index is 0.0770. The van der Waals surface area contributed by atoms with E-state index in [1.807, 2.05) is 0 Å². The molecule has 23 heavy (non-hydrogen) atoms. The second kappa shape index (κ2) is 7.86. The molecule has 1 aliphatic heterocycles. The van der Waals surface area contributed by atoms with E-state index in [1.165, 1.54) is 6.07 Å². The third-order valence-corrected chi connectivity index (χ3v) is 4.90. The predicted octanol–water partition coefficient (Wildman–Crippen LogP) is 4.74. The Kier molecular flexibility index (Phi) is 6.34. The Balaban J connectivity index is 2.42. The minimum atomic E-state index is -4.42. The molecule has 130 valence electrons. The topological polar surface area (TPSA) is 15.3 Å². The fourth-order valence-corrected chi connectivity index (χ4v) is 3.78. The van der Waals surface area contributed by atoms with Crippen molar-refractivity contribution in [1.82, 2.24) is 10.2 Å². The second-order valence-electron chi connectivity index (χ2n) is 6.20. The lowest BCUT2D eigenvalue weighted by molar-refractivity contribution is -0.137. The van der Waals surface area contributed by atoms with Crippen molar-refractivity contribution in [2.75, 3.05) is 26.2 Å². The predicted molar refractivity (Wildman–Crippen MR) is 87.7 cm³/mol. The molecule has 0 radical (unpaired) electrons. The van der Waals surface area contributed by atoms with Crippen molar-refractivity contribution in [1.29, 1.82) is 0 Å². The Labute approximate surface area is 141 Å². The fraction of sp³-hybridized carbons (Fsp3) is 0.647.